The highest BCUT2D eigenvalue weighted by Gasteiger charge is 2.41. The number of benzene rings is 5. The number of pyridine rings is 2. The summed E-state index contributed by atoms with van der Waals surface area (Å²) in [6.45, 7) is 0.382. The smallest absolute Gasteiger partial charge is 0.280 e. The minimum absolute atomic E-state index is 0.00300. The average molecular weight is 922 g/mol. The minimum Gasteiger partial charge on any atom is -0.298 e. The second kappa shape index (κ2) is 17.1. The van der Waals surface area contributed by atoms with E-state index in [1.807, 2.05) is 89.6 Å². The molecule has 3 aromatic heterocycles. The van der Waals surface area contributed by atoms with Crippen molar-refractivity contribution in [1.82, 2.24) is 19.7 Å². The molecule has 0 N–H and O–H groups in total. The van der Waals surface area contributed by atoms with Crippen molar-refractivity contribution >= 4 is 66.1 Å². The molecule has 0 saturated carbocycles. The van der Waals surface area contributed by atoms with E-state index in [-0.39, 0.29) is 21.9 Å². The number of fused-ring (bicyclic) bond motifs is 2. The van der Waals surface area contributed by atoms with E-state index >= 15 is 0 Å². The summed E-state index contributed by atoms with van der Waals surface area (Å²) in [4.78, 5) is 45.9. The normalized spacial score (nSPS) is 12.0. The van der Waals surface area contributed by atoms with Crippen molar-refractivity contribution in [3.05, 3.63) is 229 Å². The van der Waals surface area contributed by atoms with Gasteiger partial charge in [-0.3, -0.25) is 40.0 Å². The zero-order valence-corrected chi connectivity index (χ0v) is 34.5. The summed E-state index contributed by atoms with van der Waals surface area (Å²) < 4.78 is 1.53. The van der Waals surface area contributed by atoms with Gasteiger partial charge in [-0.2, -0.15) is 5.10 Å². The summed E-state index contributed by atoms with van der Waals surface area (Å²) in [5.41, 5.74) is 7.74. The van der Waals surface area contributed by atoms with Crippen molar-refractivity contribution in [2.24, 2.45) is 4.99 Å². The zero-order valence-electron chi connectivity index (χ0n) is 31.4. The van der Waals surface area contributed by atoms with Crippen LogP contribution in [-0.2, 0) is 12.1 Å². The number of carbonyl (C=O) groups is 1. The Morgan fingerprint density at radius 2 is 1.18 bits per heavy atom. The summed E-state index contributed by atoms with van der Waals surface area (Å²) >= 11 is 7.00. The summed E-state index contributed by atoms with van der Waals surface area (Å²) in [6.07, 6.45) is 7.26. The maximum atomic E-state index is 12.3. The molecule has 294 valence electrons. The van der Waals surface area contributed by atoms with Gasteiger partial charge in [0.05, 0.1) is 38.7 Å². The van der Waals surface area contributed by atoms with Gasteiger partial charge in [-0.05, 0) is 58.7 Å². The van der Waals surface area contributed by atoms with Gasteiger partial charge in [-0.25, -0.2) is 4.68 Å². The van der Waals surface area contributed by atoms with Crippen molar-refractivity contribution in [1.29, 1.82) is 0 Å². The first-order chi connectivity index (χ1) is 29.2. The lowest BCUT2D eigenvalue weighted by atomic mass is 9.77. The summed E-state index contributed by atoms with van der Waals surface area (Å²) in [6, 6.07) is 44.4. The molecular formula is C46H31Br2N7O5. The molecule has 1 aliphatic heterocycles. The molecule has 60 heavy (non-hydrogen) atoms. The maximum absolute atomic E-state index is 12.3. The standard InChI is InChI=1S/C32H22Br2N4O2.C14H9N3O3/c33-31(34)27-20-26-28(21-29(27)38(39)40)37(36-30(26)22-16-18-35-19-17-22)32(23-10-4-1-5-11-23,24-12-6-2-7-13-24)25-14-8-3-9-15-25;18-8-11-5-12-10(6-13(11)17(19)20)7-16-14(12)9-1-3-15-4-2-9/h1-21,31H;1-6,8H,7H2. The molecule has 12 nitrogen and oxygen atoms in total. The van der Waals surface area contributed by atoms with E-state index in [2.05, 4.69) is 83.2 Å². The van der Waals surface area contributed by atoms with Gasteiger partial charge in [0.15, 0.2) is 6.29 Å². The first kappa shape index (κ1) is 39.8. The second-order valence-electron chi connectivity index (χ2n) is 13.6. The van der Waals surface area contributed by atoms with Crippen molar-refractivity contribution in [3.8, 4) is 11.3 Å². The highest BCUT2D eigenvalue weighted by molar-refractivity contribution is 9.24. The fraction of sp³-hybridized carbons (Fsp3) is 0.0652. The molecule has 0 bridgehead atoms. The SMILES string of the molecule is O=Cc1cc2c(cc1[N+](=O)[O-])CN=C2c1ccncc1.O=[N+]([O-])c1cc2c(cc1C(Br)Br)c(-c1ccncc1)nn2C(c1ccccc1)(c1ccccc1)c1ccccc1. The topological polar surface area (TPSA) is 159 Å². The van der Waals surface area contributed by atoms with E-state index in [9.17, 15) is 25.0 Å². The lowest BCUT2D eigenvalue weighted by Gasteiger charge is -2.37. The second-order valence-corrected chi connectivity index (χ2v) is 16.7. The highest BCUT2D eigenvalue weighted by atomic mass is 79.9. The molecule has 0 atom stereocenters. The number of aldehydes is 1. The number of nitrogens with zero attached hydrogens (tertiary/aromatic N) is 7. The lowest BCUT2D eigenvalue weighted by Crippen LogP contribution is -2.38. The lowest BCUT2D eigenvalue weighted by molar-refractivity contribution is -0.385. The fourth-order valence-electron chi connectivity index (χ4n) is 7.64. The largest absolute Gasteiger partial charge is 0.298 e. The third-order valence-electron chi connectivity index (χ3n) is 10.3. The number of hydrogen-bond donors (Lipinski definition) is 0. The van der Waals surface area contributed by atoms with Crippen LogP contribution >= 0.6 is 31.9 Å². The number of alkyl halides is 2. The van der Waals surface area contributed by atoms with E-state index in [0.29, 0.717) is 29.6 Å². The number of aliphatic imine (C=N–C) groups is 1. The highest BCUT2D eigenvalue weighted by Crippen LogP contribution is 2.46. The van der Waals surface area contributed by atoms with Gasteiger partial charge >= 0.3 is 0 Å². The Kier molecular flexibility index (Phi) is 11.3. The van der Waals surface area contributed by atoms with Crippen molar-refractivity contribution in [2.45, 2.75) is 15.8 Å². The number of nitro groups is 2. The Morgan fingerprint density at radius 3 is 1.67 bits per heavy atom. The molecule has 0 radical (unpaired) electrons. The van der Waals surface area contributed by atoms with Gasteiger partial charge < -0.3 is 0 Å². The molecule has 0 saturated heterocycles. The van der Waals surface area contributed by atoms with Crippen LogP contribution in [-0.4, -0.2) is 41.6 Å². The Labute approximate surface area is 359 Å². The Morgan fingerprint density at radius 1 is 0.667 bits per heavy atom. The molecule has 5 aromatic carbocycles. The van der Waals surface area contributed by atoms with Crippen molar-refractivity contribution < 1.29 is 14.6 Å². The van der Waals surface area contributed by atoms with E-state index in [4.69, 9.17) is 5.10 Å². The predicted octanol–water partition coefficient (Wildman–Crippen LogP) is 10.8. The first-order valence-electron chi connectivity index (χ1n) is 18.5. The van der Waals surface area contributed by atoms with E-state index < -0.39 is 14.2 Å². The van der Waals surface area contributed by atoms with E-state index in [1.165, 1.54) is 12.1 Å². The number of carbonyl (C=O) groups excluding carboxylic acids is 1. The molecule has 4 heterocycles. The van der Waals surface area contributed by atoms with Crippen LogP contribution in [0.5, 0.6) is 0 Å². The molecule has 0 spiro atoms. The Hall–Kier alpha value is -7.03. The van der Waals surface area contributed by atoms with Gasteiger partial charge in [0.2, 0.25) is 0 Å². The van der Waals surface area contributed by atoms with Crippen LogP contribution in [0.4, 0.5) is 11.4 Å². The molecule has 0 unspecified atom stereocenters. The number of nitro benzene ring substituents is 2. The molecule has 8 aromatic rings. The molecule has 0 fully saturated rings. The van der Waals surface area contributed by atoms with Crippen molar-refractivity contribution in [3.63, 3.8) is 0 Å². The minimum atomic E-state index is -0.940. The summed E-state index contributed by atoms with van der Waals surface area (Å²) in [5, 5.41) is 29.4. The van der Waals surface area contributed by atoms with Gasteiger partial charge in [-0.1, -0.05) is 123 Å². The molecule has 0 amide bonds. The van der Waals surface area contributed by atoms with Crippen LogP contribution in [0, 0.1) is 20.2 Å². The first-order valence-corrected chi connectivity index (χ1v) is 20.3. The Balaban J connectivity index is 0.000000208. The van der Waals surface area contributed by atoms with Gasteiger partial charge in [0, 0.05) is 59.0 Å². The quantitative estimate of drug-likeness (QED) is 0.0431. The predicted molar refractivity (Wildman–Crippen MR) is 237 cm³/mol. The van der Waals surface area contributed by atoms with Crippen LogP contribution < -0.4 is 0 Å². The third kappa shape index (κ3) is 7.31. The summed E-state index contributed by atoms with van der Waals surface area (Å²) in [7, 11) is 0. The van der Waals surface area contributed by atoms with Gasteiger partial charge in [0.25, 0.3) is 11.4 Å². The van der Waals surface area contributed by atoms with Crippen LogP contribution in [0.1, 0.15) is 53.0 Å². The molecule has 1 aliphatic rings. The monoisotopic (exact) mass is 919 g/mol. The van der Waals surface area contributed by atoms with Gasteiger partial charge in [0.1, 0.15) is 15.0 Å². The Bertz CT molecular complexity index is 2800. The maximum Gasteiger partial charge on any atom is 0.280 e. The van der Waals surface area contributed by atoms with E-state index in [1.54, 1.807) is 30.9 Å². The van der Waals surface area contributed by atoms with E-state index in [0.717, 1.165) is 50.0 Å². The van der Waals surface area contributed by atoms with Gasteiger partial charge in [-0.15, -0.1) is 0 Å². The number of hydrogen-bond acceptors (Lipinski definition) is 9. The van der Waals surface area contributed by atoms with Crippen LogP contribution in [0.3, 0.4) is 0 Å². The average Bonchev–Trinajstić information content (AvgIpc) is 3.89. The third-order valence-corrected chi connectivity index (χ3v) is 11.3. The molecule has 9 rings (SSSR count). The molecule has 0 aliphatic carbocycles. The van der Waals surface area contributed by atoms with Crippen LogP contribution in [0.2, 0.25) is 0 Å². The van der Waals surface area contributed by atoms with Crippen LogP contribution in [0.25, 0.3) is 22.2 Å². The number of rotatable bonds is 10. The molecular weight excluding hydrogens is 890 g/mol. The number of aromatic nitrogens is 4. The summed E-state index contributed by atoms with van der Waals surface area (Å²) in [5.74, 6) is 0. The number of halogens is 2. The van der Waals surface area contributed by atoms with Crippen molar-refractivity contribution in [2.75, 3.05) is 0 Å². The molecule has 14 heteroatoms. The zero-order chi connectivity index (χ0) is 41.8. The fourth-order valence-corrected chi connectivity index (χ4v) is 8.37. The van der Waals surface area contributed by atoms with Crippen LogP contribution in [0.15, 0.2) is 169 Å².